The van der Waals surface area contributed by atoms with E-state index in [9.17, 15) is 4.79 Å². The van der Waals surface area contributed by atoms with Crippen LogP contribution in [0, 0.1) is 3.95 Å². The van der Waals surface area contributed by atoms with Gasteiger partial charge in [-0.1, -0.05) is 47.2 Å². The Labute approximate surface area is 140 Å². The summed E-state index contributed by atoms with van der Waals surface area (Å²) in [5, 5.41) is 0.631. The first-order valence-electron chi connectivity index (χ1n) is 6.55. The molecule has 0 bridgehead atoms. The van der Waals surface area contributed by atoms with Gasteiger partial charge in [-0.25, -0.2) is 4.98 Å². The van der Waals surface area contributed by atoms with Gasteiger partial charge in [0.05, 0.1) is 6.54 Å². The summed E-state index contributed by atoms with van der Waals surface area (Å²) in [6.45, 7) is 4.62. The van der Waals surface area contributed by atoms with Crippen molar-refractivity contribution in [1.82, 2.24) is 14.1 Å². The third-order valence-corrected chi connectivity index (χ3v) is 5.05. The Hall–Kier alpha value is -1.76. The lowest BCUT2D eigenvalue weighted by molar-refractivity contribution is 0.741. The minimum Gasteiger partial charge on any atom is -0.304 e. The molecule has 0 N–H and O–H groups in total. The fourth-order valence-corrected chi connectivity index (χ4v) is 3.70. The van der Waals surface area contributed by atoms with Crippen LogP contribution in [0.15, 0.2) is 48.0 Å². The fraction of sp³-hybridized carbons (Fsp3) is 0.133. The molecule has 0 fully saturated rings. The maximum Gasteiger partial charge on any atom is 0.273 e. The molecule has 1 aromatic carbocycles. The molecule has 22 heavy (non-hydrogen) atoms. The maximum absolute atomic E-state index is 12.6. The highest BCUT2D eigenvalue weighted by Crippen LogP contribution is 2.19. The highest BCUT2D eigenvalue weighted by molar-refractivity contribution is 7.73. The first kappa shape index (κ1) is 15.1. The van der Waals surface area contributed by atoms with Gasteiger partial charge in [0.25, 0.3) is 5.56 Å². The van der Waals surface area contributed by atoms with Gasteiger partial charge in [0, 0.05) is 11.6 Å². The lowest BCUT2D eigenvalue weighted by Gasteiger charge is -2.07. The summed E-state index contributed by atoms with van der Waals surface area (Å²) in [4.78, 5) is 17.0. The van der Waals surface area contributed by atoms with E-state index in [1.807, 2.05) is 22.8 Å². The molecule has 2 aromatic heterocycles. The maximum atomic E-state index is 12.6. The van der Waals surface area contributed by atoms with Crippen molar-refractivity contribution in [3.8, 4) is 0 Å². The summed E-state index contributed by atoms with van der Waals surface area (Å²) in [6, 6.07) is 7.45. The summed E-state index contributed by atoms with van der Waals surface area (Å²) in [5.74, 6) is 0. The van der Waals surface area contributed by atoms with E-state index in [0.717, 1.165) is 5.56 Å². The Morgan fingerprint density at radius 1 is 1.41 bits per heavy atom. The van der Waals surface area contributed by atoms with E-state index in [2.05, 4.69) is 11.6 Å². The predicted molar refractivity (Wildman–Crippen MR) is 93.5 cm³/mol. The number of aromatic nitrogens is 3. The van der Waals surface area contributed by atoms with Crippen LogP contribution in [0.1, 0.15) is 5.56 Å². The van der Waals surface area contributed by atoms with Gasteiger partial charge in [-0.05, 0) is 23.8 Å². The van der Waals surface area contributed by atoms with Gasteiger partial charge in [0.1, 0.15) is 11.0 Å². The average Bonchev–Trinajstić information content (AvgIpc) is 2.82. The van der Waals surface area contributed by atoms with E-state index in [1.165, 1.54) is 17.7 Å². The Morgan fingerprint density at radius 2 is 2.18 bits per heavy atom. The molecule has 0 saturated heterocycles. The van der Waals surface area contributed by atoms with Crippen LogP contribution in [0.25, 0.3) is 10.3 Å². The number of allylic oxidation sites excluding steroid dienone is 1. The molecule has 0 amide bonds. The normalized spacial score (nSPS) is 11.0. The van der Waals surface area contributed by atoms with Crippen molar-refractivity contribution in [1.29, 1.82) is 0 Å². The summed E-state index contributed by atoms with van der Waals surface area (Å²) in [5.41, 5.74) is 1.38. The molecule has 112 valence electrons. The number of rotatable bonds is 4. The molecule has 0 radical (unpaired) electrons. The number of hydrogen-bond donors (Lipinski definition) is 0. The molecule has 4 nitrogen and oxygen atoms in total. The quantitative estimate of drug-likeness (QED) is 0.530. The summed E-state index contributed by atoms with van der Waals surface area (Å²) in [6.07, 6.45) is 3.27. The van der Waals surface area contributed by atoms with Crippen LogP contribution >= 0.6 is 35.2 Å². The molecule has 0 aliphatic carbocycles. The Morgan fingerprint density at radius 3 is 2.91 bits per heavy atom. The SMILES string of the molecule is C=CCn1c(=S)sc2c(=O)n(Cc3ccccc3Cl)cnc21. The molecule has 0 atom stereocenters. The van der Waals surface area contributed by atoms with Gasteiger partial charge < -0.3 is 4.57 Å². The van der Waals surface area contributed by atoms with Crippen LogP contribution in [0.3, 0.4) is 0 Å². The van der Waals surface area contributed by atoms with Gasteiger partial charge in [-0.2, -0.15) is 0 Å². The molecule has 0 unspecified atom stereocenters. The van der Waals surface area contributed by atoms with E-state index >= 15 is 0 Å². The Kier molecular flexibility index (Phi) is 4.24. The van der Waals surface area contributed by atoms with Crippen molar-refractivity contribution in [3.63, 3.8) is 0 Å². The van der Waals surface area contributed by atoms with Gasteiger partial charge >= 0.3 is 0 Å². The average molecular weight is 350 g/mol. The second-order valence-corrected chi connectivity index (χ2v) is 6.74. The Balaban J connectivity index is 2.12. The number of halogens is 1. The number of nitrogens with zero attached hydrogens (tertiary/aromatic N) is 3. The molecule has 2 heterocycles. The third-order valence-electron chi connectivity index (χ3n) is 3.25. The van der Waals surface area contributed by atoms with Gasteiger partial charge in [0.2, 0.25) is 0 Å². The zero-order valence-electron chi connectivity index (χ0n) is 11.5. The lowest BCUT2D eigenvalue weighted by Crippen LogP contribution is -2.21. The zero-order valence-corrected chi connectivity index (χ0v) is 13.9. The second kappa shape index (κ2) is 6.16. The molecule has 0 saturated carbocycles. The van der Waals surface area contributed by atoms with Crippen molar-refractivity contribution in [2.24, 2.45) is 0 Å². The number of benzene rings is 1. The molecule has 0 aliphatic rings. The van der Waals surface area contributed by atoms with Gasteiger partial charge in [-0.15, -0.1) is 6.58 Å². The molecule has 0 spiro atoms. The Bertz CT molecular complexity index is 971. The van der Waals surface area contributed by atoms with Crippen LogP contribution < -0.4 is 5.56 Å². The van der Waals surface area contributed by atoms with E-state index in [-0.39, 0.29) is 5.56 Å². The highest BCUT2D eigenvalue weighted by atomic mass is 35.5. The highest BCUT2D eigenvalue weighted by Gasteiger charge is 2.12. The van der Waals surface area contributed by atoms with Crippen molar-refractivity contribution in [3.05, 3.63) is 68.1 Å². The standard InChI is InChI=1S/C15H12ClN3OS2/c1-2-7-19-13-12(22-15(19)21)14(20)18(9-17-13)8-10-5-3-4-6-11(10)16/h2-6,9H,1,7-8H2. The van der Waals surface area contributed by atoms with E-state index in [0.29, 0.717) is 32.4 Å². The minimum atomic E-state index is -0.108. The first-order chi connectivity index (χ1) is 10.6. The molecular formula is C15H12ClN3OS2. The van der Waals surface area contributed by atoms with Crippen LogP contribution in [0.2, 0.25) is 5.02 Å². The summed E-state index contributed by atoms with van der Waals surface area (Å²) >= 11 is 12.7. The van der Waals surface area contributed by atoms with E-state index in [1.54, 1.807) is 16.7 Å². The van der Waals surface area contributed by atoms with E-state index < -0.39 is 0 Å². The smallest absolute Gasteiger partial charge is 0.273 e. The molecular weight excluding hydrogens is 338 g/mol. The predicted octanol–water partition coefficient (Wildman–Crippen LogP) is 3.88. The van der Waals surface area contributed by atoms with Gasteiger partial charge in [0.15, 0.2) is 9.60 Å². The minimum absolute atomic E-state index is 0.108. The summed E-state index contributed by atoms with van der Waals surface area (Å²) < 4.78 is 4.53. The zero-order chi connectivity index (χ0) is 15.7. The monoisotopic (exact) mass is 349 g/mol. The summed E-state index contributed by atoms with van der Waals surface area (Å²) in [7, 11) is 0. The van der Waals surface area contributed by atoms with Crippen LogP contribution in [0.5, 0.6) is 0 Å². The van der Waals surface area contributed by atoms with Crippen molar-refractivity contribution in [2.45, 2.75) is 13.1 Å². The van der Waals surface area contributed by atoms with Crippen LogP contribution in [-0.2, 0) is 13.1 Å². The molecule has 7 heteroatoms. The fourth-order valence-electron chi connectivity index (χ4n) is 2.18. The second-order valence-electron chi connectivity index (χ2n) is 4.69. The number of fused-ring (bicyclic) bond motifs is 1. The van der Waals surface area contributed by atoms with Gasteiger partial charge in [-0.3, -0.25) is 9.36 Å². The molecule has 3 rings (SSSR count). The molecule has 0 aliphatic heterocycles. The largest absolute Gasteiger partial charge is 0.304 e. The molecule has 3 aromatic rings. The van der Waals surface area contributed by atoms with Crippen molar-refractivity contribution in [2.75, 3.05) is 0 Å². The van der Waals surface area contributed by atoms with Crippen molar-refractivity contribution >= 4 is 45.5 Å². The number of thiazole rings is 1. The first-order valence-corrected chi connectivity index (χ1v) is 8.15. The topological polar surface area (TPSA) is 39.8 Å². The lowest BCUT2D eigenvalue weighted by atomic mass is 10.2. The van der Waals surface area contributed by atoms with E-state index in [4.69, 9.17) is 23.8 Å². The van der Waals surface area contributed by atoms with Crippen LogP contribution in [0.4, 0.5) is 0 Å². The third kappa shape index (κ3) is 2.65. The number of hydrogen-bond acceptors (Lipinski definition) is 4. The van der Waals surface area contributed by atoms with Crippen molar-refractivity contribution < 1.29 is 0 Å². The van der Waals surface area contributed by atoms with Crippen LogP contribution in [-0.4, -0.2) is 14.1 Å².